The maximum Gasteiger partial charge on any atom is 0.416 e. The van der Waals surface area contributed by atoms with Crippen molar-refractivity contribution in [2.45, 2.75) is 12.6 Å². The second-order valence-corrected chi connectivity index (χ2v) is 7.30. The number of nitrogens with one attached hydrogen (secondary N) is 2. The number of hydrogen-bond acceptors (Lipinski definition) is 3. The highest BCUT2D eigenvalue weighted by molar-refractivity contribution is 6.01. The summed E-state index contributed by atoms with van der Waals surface area (Å²) >= 11 is 0. The van der Waals surface area contributed by atoms with Gasteiger partial charge in [0.25, 0.3) is 5.91 Å². The molecule has 3 rings (SSSR count). The molecule has 178 valence electrons. The van der Waals surface area contributed by atoms with Gasteiger partial charge >= 0.3 is 12.2 Å². The Bertz CT molecular complexity index is 1080. The number of carbonyl (C=O) groups excluding carboxylic acids is 2. The van der Waals surface area contributed by atoms with Crippen LogP contribution in [0.15, 0.2) is 84.9 Å². The third-order valence-corrected chi connectivity index (χ3v) is 4.75. The largest absolute Gasteiger partial charge is 0.484 e. The minimum absolute atomic E-state index is 0.0344. The summed E-state index contributed by atoms with van der Waals surface area (Å²) in [6, 6.07) is 21.5. The van der Waals surface area contributed by atoms with Crippen LogP contribution in [-0.2, 0) is 11.0 Å². The molecule has 3 aromatic carbocycles. The first-order valence-corrected chi connectivity index (χ1v) is 10.6. The third kappa shape index (κ3) is 7.54. The van der Waals surface area contributed by atoms with Gasteiger partial charge in [-0.25, -0.2) is 4.79 Å². The fraction of sp³-hybridized carbons (Fsp3) is 0.200. The molecule has 0 aliphatic carbocycles. The van der Waals surface area contributed by atoms with E-state index in [4.69, 9.17) is 4.74 Å². The molecule has 0 bridgehead atoms. The predicted octanol–water partition coefficient (Wildman–Crippen LogP) is 5.33. The van der Waals surface area contributed by atoms with Crippen molar-refractivity contribution in [2.24, 2.45) is 0 Å². The van der Waals surface area contributed by atoms with Gasteiger partial charge in [0.2, 0.25) is 0 Å². The average Bonchev–Trinajstić information content (AvgIpc) is 2.83. The first-order chi connectivity index (χ1) is 16.3. The fourth-order valence-electron chi connectivity index (χ4n) is 3.10. The first-order valence-electron chi connectivity index (χ1n) is 10.6. The van der Waals surface area contributed by atoms with Crippen molar-refractivity contribution in [1.29, 1.82) is 0 Å². The van der Waals surface area contributed by atoms with Gasteiger partial charge in [0.15, 0.2) is 6.61 Å². The lowest BCUT2D eigenvalue weighted by molar-refractivity contribution is -0.137. The maximum atomic E-state index is 13.0. The number of ether oxygens (including phenoxy) is 1. The standard InChI is InChI=1S/C25H24F3N3O3/c26-25(27,28)19-9-7-10-20(17-19)30-24(33)31(21-11-3-1-4-12-21)16-8-15-29-23(32)18-34-22-13-5-2-6-14-22/h1-7,9-14,17H,8,15-16,18H2,(H,29,32)(H,30,33). The van der Waals surface area contributed by atoms with Crippen molar-refractivity contribution in [1.82, 2.24) is 5.32 Å². The zero-order valence-electron chi connectivity index (χ0n) is 18.2. The van der Waals surface area contributed by atoms with E-state index >= 15 is 0 Å². The van der Waals surface area contributed by atoms with E-state index in [9.17, 15) is 22.8 Å². The predicted molar refractivity (Wildman–Crippen MR) is 124 cm³/mol. The second-order valence-electron chi connectivity index (χ2n) is 7.30. The van der Waals surface area contributed by atoms with E-state index in [-0.39, 0.29) is 31.3 Å². The van der Waals surface area contributed by atoms with Gasteiger partial charge in [0.05, 0.1) is 5.56 Å². The molecule has 3 aromatic rings. The molecule has 0 heterocycles. The number of para-hydroxylation sites is 2. The van der Waals surface area contributed by atoms with Gasteiger partial charge in [-0.05, 0) is 48.9 Å². The van der Waals surface area contributed by atoms with Crippen LogP contribution in [-0.4, -0.2) is 31.6 Å². The molecule has 0 radical (unpaired) electrons. The maximum absolute atomic E-state index is 13.0. The van der Waals surface area contributed by atoms with Crippen LogP contribution in [0, 0.1) is 0 Å². The number of halogens is 3. The molecule has 0 aromatic heterocycles. The van der Waals surface area contributed by atoms with Crippen LogP contribution in [0.5, 0.6) is 5.75 Å². The van der Waals surface area contributed by atoms with E-state index < -0.39 is 17.8 Å². The number of urea groups is 1. The highest BCUT2D eigenvalue weighted by Gasteiger charge is 2.30. The van der Waals surface area contributed by atoms with Crippen LogP contribution in [0.2, 0.25) is 0 Å². The van der Waals surface area contributed by atoms with Gasteiger partial charge in [-0.2, -0.15) is 13.2 Å². The first kappa shape index (κ1) is 24.6. The zero-order valence-corrected chi connectivity index (χ0v) is 18.2. The highest BCUT2D eigenvalue weighted by atomic mass is 19.4. The van der Waals surface area contributed by atoms with Crippen molar-refractivity contribution < 1.29 is 27.5 Å². The Balaban J connectivity index is 1.55. The number of benzene rings is 3. The Labute approximate surface area is 195 Å². The third-order valence-electron chi connectivity index (χ3n) is 4.75. The van der Waals surface area contributed by atoms with Gasteiger partial charge in [-0.15, -0.1) is 0 Å². The summed E-state index contributed by atoms with van der Waals surface area (Å²) in [5.41, 5.74) is -0.241. The SMILES string of the molecule is O=C(COc1ccccc1)NCCCN(C(=O)Nc1cccc(C(F)(F)F)c1)c1ccccc1. The highest BCUT2D eigenvalue weighted by Crippen LogP contribution is 2.30. The number of anilines is 2. The Morgan fingerprint density at radius 2 is 1.56 bits per heavy atom. The van der Waals surface area contributed by atoms with Crippen LogP contribution in [0.25, 0.3) is 0 Å². The fourth-order valence-corrected chi connectivity index (χ4v) is 3.10. The van der Waals surface area contributed by atoms with E-state index in [2.05, 4.69) is 10.6 Å². The lowest BCUT2D eigenvalue weighted by Gasteiger charge is -2.23. The van der Waals surface area contributed by atoms with Crippen molar-refractivity contribution in [2.75, 3.05) is 29.9 Å². The van der Waals surface area contributed by atoms with E-state index in [0.717, 1.165) is 12.1 Å². The molecule has 3 amide bonds. The molecule has 6 nitrogen and oxygen atoms in total. The summed E-state index contributed by atoms with van der Waals surface area (Å²) in [6.45, 7) is 0.383. The summed E-state index contributed by atoms with van der Waals surface area (Å²) < 4.78 is 44.3. The van der Waals surface area contributed by atoms with E-state index in [1.54, 1.807) is 54.6 Å². The molecule has 0 unspecified atom stereocenters. The quantitative estimate of drug-likeness (QED) is 0.415. The number of nitrogens with zero attached hydrogens (tertiary/aromatic N) is 1. The molecule has 0 aliphatic rings. The van der Waals surface area contributed by atoms with Crippen LogP contribution in [0.3, 0.4) is 0 Å². The number of carbonyl (C=O) groups is 2. The van der Waals surface area contributed by atoms with E-state index in [0.29, 0.717) is 17.9 Å². The van der Waals surface area contributed by atoms with Gasteiger partial charge in [-0.3, -0.25) is 9.69 Å². The molecule has 34 heavy (non-hydrogen) atoms. The summed E-state index contributed by atoms with van der Waals surface area (Å²) in [5, 5.41) is 5.25. The molecular formula is C25H24F3N3O3. The molecular weight excluding hydrogens is 447 g/mol. The van der Waals surface area contributed by atoms with Gasteiger partial charge in [-0.1, -0.05) is 42.5 Å². The number of rotatable bonds is 9. The van der Waals surface area contributed by atoms with E-state index in [1.807, 2.05) is 6.07 Å². The minimum Gasteiger partial charge on any atom is -0.484 e. The van der Waals surface area contributed by atoms with Crippen molar-refractivity contribution in [3.63, 3.8) is 0 Å². The van der Waals surface area contributed by atoms with Crippen molar-refractivity contribution in [3.8, 4) is 5.75 Å². The zero-order chi connectivity index (χ0) is 24.4. The Morgan fingerprint density at radius 3 is 2.24 bits per heavy atom. The molecule has 0 spiro atoms. The molecule has 0 saturated carbocycles. The molecule has 2 N–H and O–H groups in total. The van der Waals surface area contributed by atoms with Crippen LogP contribution in [0.1, 0.15) is 12.0 Å². The minimum atomic E-state index is -4.51. The van der Waals surface area contributed by atoms with E-state index in [1.165, 1.54) is 17.0 Å². The van der Waals surface area contributed by atoms with Gasteiger partial charge < -0.3 is 15.4 Å². The van der Waals surface area contributed by atoms with Crippen LogP contribution < -0.4 is 20.3 Å². The number of hydrogen-bond donors (Lipinski definition) is 2. The topological polar surface area (TPSA) is 70.7 Å². The van der Waals surface area contributed by atoms with Crippen LogP contribution >= 0.6 is 0 Å². The lowest BCUT2D eigenvalue weighted by Crippen LogP contribution is -2.38. The van der Waals surface area contributed by atoms with Crippen molar-refractivity contribution in [3.05, 3.63) is 90.5 Å². The summed E-state index contributed by atoms with van der Waals surface area (Å²) in [5.74, 6) is 0.280. The molecule has 0 fully saturated rings. The normalized spacial score (nSPS) is 10.9. The molecule has 0 saturated heterocycles. The Kier molecular flexibility index (Phi) is 8.50. The Morgan fingerprint density at radius 1 is 0.882 bits per heavy atom. The number of alkyl halides is 3. The summed E-state index contributed by atoms with van der Waals surface area (Å²) in [7, 11) is 0. The summed E-state index contributed by atoms with van der Waals surface area (Å²) in [4.78, 5) is 26.3. The molecule has 0 aliphatic heterocycles. The molecule has 0 atom stereocenters. The smallest absolute Gasteiger partial charge is 0.416 e. The summed E-state index contributed by atoms with van der Waals surface area (Å²) in [6.07, 6.45) is -4.09. The monoisotopic (exact) mass is 471 g/mol. The van der Waals surface area contributed by atoms with Crippen LogP contribution in [0.4, 0.5) is 29.3 Å². The average molecular weight is 471 g/mol. The lowest BCUT2D eigenvalue weighted by atomic mass is 10.2. The van der Waals surface area contributed by atoms with Gasteiger partial charge in [0, 0.05) is 24.5 Å². The molecule has 9 heteroatoms. The van der Waals surface area contributed by atoms with Crippen molar-refractivity contribution >= 4 is 23.3 Å². The van der Waals surface area contributed by atoms with Gasteiger partial charge in [0.1, 0.15) is 5.75 Å². The second kappa shape index (κ2) is 11.7. The Hall–Kier alpha value is -4.01. The number of amides is 3.